The summed E-state index contributed by atoms with van der Waals surface area (Å²) < 4.78 is 5.42. The fraction of sp³-hybridized carbons (Fsp3) is 0.158. The van der Waals surface area contributed by atoms with Crippen molar-refractivity contribution in [3.63, 3.8) is 0 Å². The quantitative estimate of drug-likeness (QED) is 0.529. The average molecular weight is 363 g/mol. The van der Waals surface area contributed by atoms with E-state index in [9.17, 15) is 0 Å². The smallest absolute Gasteiger partial charge is 0.259 e. The van der Waals surface area contributed by atoms with Gasteiger partial charge in [0.25, 0.3) is 5.89 Å². The van der Waals surface area contributed by atoms with Crippen molar-refractivity contribution in [1.29, 1.82) is 0 Å². The topological polar surface area (TPSA) is 67.9 Å². The number of thiazole rings is 1. The van der Waals surface area contributed by atoms with Crippen LogP contribution in [0.5, 0.6) is 0 Å². The van der Waals surface area contributed by atoms with E-state index in [1.807, 2.05) is 61.9 Å². The number of anilines is 1. The van der Waals surface area contributed by atoms with E-state index >= 15 is 0 Å². The van der Waals surface area contributed by atoms with Crippen molar-refractivity contribution in [1.82, 2.24) is 20.1 Å². The van der Waals surface area contributed by atoms with E-state index in [0.717, 1.165) is 34.1 Å². The van der Waals surface area contributed by atoms with Crippen LogP contribution in [0, 0.1) is 6.92 Å². The lowest BCUT2D eigenvalue weighted by molar-refractivity contribution is 0.432. The van der Waals surface area contributed by atoms with Gasteiger partial charge in [-0.3, -0.25) is 0 Å². The summed E-state index contributed by atoms with van der Waals surface area (Å²) in [5, 5.41) is 7.13. The average Bonchev–Trinajstić information content (AvgIpc) is 3.34. The molecule has 4 aromatic rings. The second-order valence-electron chi connectivity index (χ2n) is 5.93. The molecule has 0 N–H and O–H groups in total. The Morgan fingerprint density at radius 1 is 1.12 bits per heavy atom. The molecule has 0 aliphatic rings. The largest absolute Gasteiger partial charge is 0.353 e. The number of benzene rings is 1. The Morgan fingerprint density at radius 2 is 2.00 bits per heavy atom. The van der Waals surface area contributed by atoms with E-state index in [1.54, 1.807) is 17.5 Å². The number of rotatable bonds is 5. The third-order valence-electron chi connectivity index (χ3n) is 4.05. The second kappa shape index (κ2) is 7.05. The van der Waals surface area contributed by atoms with E-state index < -0.39 is 0 Å². The molecule has 0 atom stereocenters. The predicted molar refractivity (Wildman–Crippen MR) is 102 cm³/mol. The molecule has 4 rings (SSSR count). The molecule has 26 heavy (non-hydrogen) atoms. The molecule has 0 saturated heterocycles. The third kappa shape index (κ3) is 3.34. The zero-order chi connectivity index (χ0) is 17.9. The Balaban J connectivity index is 1.53. The summed E-state index contributed by atoms with van der Waals surface area (Å²) in [6.45, 7) is 2.75. The zero-order valence-electron chi connectivity index (χ0n) is 14.5. The zero-order valence-corrected chi connectivity index (χ0v) is 15.3. The van der Waals surface area contributed by atoms with Crippen molar-refractivity contribution in [2.75, 3.05) is 11.9 Å². The molecule has 0 bridgehead atoms. The van der Waals surface area contributed by atoms with E-state index in [2.05, 4.69) is 25.0 Å². The van der Waals surface area contributed by atoms with E-state index in [0.29, 0.717) is 11.7 Å². The van der Waals surface area contributed by atoms with Crippen LogP contribution >= 0.6 is 11.3 Å². The Hall–Kier alpha value is -3.06. The summed E-state index contributed by atoms with van der Waals surface area (Å²) in [5.41, 5.74) is 2.87. The Labute approximate surface area is 155 Å². The van der Waals surface area contributed by atoms with Crippen molar-refractivity contribution in [2.45, 2.75) is 13.5 Å². The first-order chi connectivity index (χ1) is 12.7. The van der Waals surface area contributed by atoms with Gasteiger partial charge < -0.3 is 9.42 Å². The lowest BCUT2D eigenvalue weighted by atomic mass is 10.1. The molecule has 0 aliphatic heterocycles. The monoisotopic (exact) mass is 363 g/mol. The molecule has 3 heterocycles. The van der Waals surface area contributed by atoms with Gasteiger partial charge in [0.15, 0.2) is 0 Å². The van der Waals surface area contributed by atoms with Gasteiger partial charge in [-0.15, -0.1) is 11.3 Å². The second-order valence-corrected chi connectivity index (χ2v) is 6.90. The molecule has 3 aromatic heterocycles. The number of hydrogen-bond donors (Lipinski definition) is 0. The standard InChI is InChI=1S/C19H17N5OS/c1-13-5-3-4-6-15(13)18-22-19(25-23-18)14-7-8-16(21-11-14)24(2)12-17-20-9-10-26-17/h3-11H,12H2,1-2H3. The molecule has 7 heteroatoms. The van der Waals surface area contributed by atoms with Crippen molar-refractivity contribution in [3.05, 3.63) is 64.7 Å². The first-order valence-electron chi connectivity index (χ1n) is 8.16. The number of nitrogens with zero attached hydrogens (tertiary/aromatic N) is 5. The summed E-state index contributed by atoms with van der Waals surface area (Å²) in [4.78, 5) is 15.4. The van der Waals surface area contributed by atoms with Crippen LogP contribution in [-0.4, -0.2) is 27.2 Å². The predicted octanol–water partition coefficient (Wildman–Crippen LogP) is 4.20. The van der Waals surface area contributed by atoms with Crippen LogP contribution in [0.2, 0.25) is 0 Å². The molecular weight excluding hydrogens is 346 g/mol. The highest BCUT2D eigenvalue weighted by Crippen LogP contribution is 2.25. The van der Waals surface area contributed by atoms with Crippen LogP contribution in [0.25, 0.3) is 22.8 Å². The highest BCUT2D eigenvalue weighted by molar-refractivity contribution is 7.09. The van der Waals surface area contributed by atoms with Gasteiger partial charge in [-0.2, -0.15) is 4.98 Å². The number of pyridine rings is 1. The van der Waals surface area contributed by atoms with Gasteiger partial charge in [-0.25, -0.2) is 9.97 Å². The minimum atomic E-state index is 0.463. The summed E-state index contributed by atoms with van der Waals surface area (Å²) in [7, 11) is 1.99. The molecule has 0 spiro atoms. The summed E-state index contributed by atoms with van der Waals surface area (Å²) >= 11 is 1.63. The van der Waals surface area contributed by atoms with Gasteiger partial charge in [-0.05, 0) is 24.6 Å². The van der Waals surface area contributed by atoms with Crippen molar-refractivity contribution >= 4 is 17.2 Å². The van der Waals surface area contributed by atoms with E-state index in [-0.39, 0.29) is 0 Å². The summed E-state index contributed by atoms with van der Waals surface area (Å²) in [6, 6.07) is 11.9. The Morgan fingerprint density at radius 3 is 2.73 bits per heavy atom. The third-order valence-corrected chi connectivity index (χ3v) is 4.82. The maximum Gasteiger partial charge on any atom is 0.259 e. The van der Waals surface area contributed by atoms with Gasteiger partial charge >= 0.3 is 0 Å². The lowest BCUT2D eigenvalue weighted by Gasteiger charge is -2.16. The molecule has 0 amide bonds. The van der Waals surface area contributed by atoms with Crippen LogP contribution in [0.3, 0.4) is 0 Å². The molecule has 130 valence electrons. The summed E-state index contributed by atoms with van der Waals surface area (Å²) in [5.74, 6) is 1.91. The number of aromatic nitrogens is 4. The highest BCUT2D eigenvalue weighted by Gasteiger charge is 2.13. The molecule has 0 aliphatic carbocycles. The van der Waals surface area contributed by atoms with Crippen LogP contribution in [0.4, 0.5) is 5.82 Å². The fourth-order valence-corrected chi connectivity index (χ4v) is 3.30. The molecule has 0 radical (unpaired) electrons. The maximum absolute atomic E-state index is 5.42. The van der Waals surface area contributed by atoms with Crippen LogP contribution < -0.4 is 4.90 Å². The summed E-state index contributed by atoms with van der Waals surface area (Å²) in [6.07, 6.45) is 3.56. The SMILES string of the molecule is Cc1ccccc1-c1noc(-c2ccc(N(C)Cc3nccs3)nc2)n1. The Bertz CT molecular complexity index is 995. The fourth-order valence-electron chi connectivity index (χ4n) is 2.63. The van der Waals surface area contributed by atoms with Crippen LogP contribution in [0.1, 0.15) is 10.6 Å². The minimum absolute atomic E-state index is 0.463. The minimum Gasteiger partial charge on any atom is -0.353 e. The van der Waals surface area contributed by atoms with Crippen molar-refractivity contribution in [2.24, 2.45) is 0 Å². The van der Waals surface area contributed by atoms with Gasteiger partial charge in [0.2, 0.25) is 5.82 Å². The van der Waals surface area contributed by atoms with Gasteiger partial charge in [0.1, 0.15) is 10.8 Å². The molecule has 1 aromatic carbocycles. The van der Waals surface area contributed by atoms with Crippen molar-refractivity contribution in [3.8, 4) is 22.8 Å². The van der Waals surface area contributed by atoms with E-state index in [4.69, 9.17) is 4.52 Å². The van der Waals surface area contributed by atoms with Crippen LogP contribution in [0.15, 0.2) is 58.7 Å². The molecule has 0 fully saturated rings. The van der Waals surface area contributed by atoms with Crippen LogP contribution in [-0.2, 0) is 6.54 Å². The highest BCUT2D eigenvalue weighted by atomic mass is 32.1. The maximum atomic E-state index is 5.42. The number of hydrogen-bond acceptors (Lipinski definition) is 7. The van der Waals surface area contributed by atoms with Gasteiger partial charge in [-0.1, -0.05) is 29.4 Å². The van der Waals surface area contributed by atoms with E-state index in [1.165, 1.54) is 0 Å². The van der Waals surface area contributed by atoms with Gasteiger partial charge in [0.05, 0.1) is 12.1 Å². The first-order valence-corrected chi connectivity index (χ1v) is 9.04. The molecule has 0 unspecified atom stereocenters. The van der Waals surface area contributed by atoms with Crippen molar-refractivity contribution < 1.29 is 4.52 Å². The lowest BCUT2D eigenvalue weighted by Crippen LogP contribution is -2.17. The first kappa shape index (κ1) is 16.4. The molecular formula is C19H17N5OS. The molecule has 6 nitrogen and oxygen atoms in total. The normalized spacial score (nSPS) is 10.8. The Kier molecular flexibility index (Phi) is 4.45. The number of aryl methyl sites for hydroxylation is 1. The van der Waals surface area contributed by atoms with Gasteiger partial charge in [0, 0.05) is 30.4 Å². The molecule has 0 saturated carbocycles.